The molecule has 2 aromatic heterocycles. The highest BCUT2D eigenvalue weighted by atomic mass is 16.2. The van der Waals surface area contributed by atoms with Gasteiger partial charge in [-0.2, -0.15) is 5.10 Å². The number of nitrogens with zero attached hydrogens (tertiary/aromatic N) is 3. The summed E-state index contributed by atoms with van der Waals surface area (Å²) in [4.78, 5) is 16.7. The summed E-state index contributed by atoms with van der Waals surface area (Å²) in [5.74, 6) is 0.268. The number of aryl methyl sites for hydroxylation is 1. The van der Waals surface area contributed by atoms with Gasteiger partial charge >= 0.3 is 0 Å². The summed E-state index contributed by atoms with van der Waals surface area (Å²) >= 11 is 0. The van der Waals surface area contributed by atoms with Crippen LogP contribution in [0.1, 0.15) is 41.5 Å². The molecule has 0 spiro atoms. The molecule has 0 aliphatic rings. The molecular formula is C17H18N4O. The van der Waals surface area contributed by atoms with Crippen LogP contribution in [-0.2, 0) is 0 Å². The fourth-order valence-electron chi connectivity index (χ4n) is 2.33. The van der Waals surface area contributed by atoms with Crippen LogP contribution in [0.4, 0.5) is 5.69 Å². The normalized spacial score (nSPS) is 11.1. The molecule has 1 N–H and O–H groups in total. The molecule has 0 aliphatic carbocycles. The van der Waals surface area contributed by atoms with Crippen molar-refractivity contribution in [3.05, 3.63) is 59.5 Å². The van der Waals surface area contributed by atoms with E-state index in [-0.39, 0.29) is 5.91 Å². The number of anilines is 1. The lowest BCUT2D eigenvalue weighted by molar-refractivity contribution is 0.102. The number of amides is 1. The lowest BCUT2D eigenvalue weighted by Gasteiger charge is -2.09. The quantitative estimate of drug-likeness (QED) is 0.805. The Morgan fingerprint density at radius 3 is 2.59 bits per heavy atom. The minimum Gasteiger partial charge on any atom is -0.321 e. The Bertz CT molecular complexity index is 818. The van der Waals surface area contributed by atoms with Crippen molar-refractivity contribution >= 4 is 17.2 Å². The molecule has 0 unspecified atom stereocenters. The van der Waals surface area contributed by atoms with E-state index in [9.17, 15) is 4.79 Å². The summed E-state index contributed by atoms with van der Waals surface area (Å²) < 4.78 is 1.56. The van der Waals surface area contributed by atoms with Gasteiger partial charge in [0.1, 0.15) is 5.69 Å². The minimum atomic E-state index is -0.201. The molecule has 0 atom stereocenters. The van der Waals surface area contributed by atoms with Gasteiger partial charge in [0.15, 0.2) is 5.65 Å². The second-order valence-corrected chi connectivity index (χ2v) is 5.62. The predicted octanol–water partition coefficient (Wildman–Crippen LogP) is 3.41. The zero-order valence-corrected chi connectivity index (χ0v) is 12.9. The molecule has 1 amide bonds. The van der Waals surface area contributed by atoms with Crippen molar-refractivity contribution in [3.8, 4) is 0 Å². The van der Waals surface area contributed by atoms with E-state index in [0.29, 0.717) is 17.3 Å². The number of carbonyl (C=O) groups excluding carboxylic acids is 1. The van der Waals surface area contributed by atoms with Crippen LogP contribution in [0.5, 0.6) is 0 Å². The van der Waals surface area contributed by atoms with Crippen LogP contribution < -0.4 is 5.32 Å². The largest absolute Gasteiger partial charge is 0.321 e. The van der Waals surface area contributed by atoms with Gasteiger partial charge in [0, 0.05) is 18.0 Å². The fraction of sp³-hybridized carbons (Fsp3) is 0.235. The Morgan fingerprint density at radius 1 is 1.18 bits per heavy atom. The molecule has 3 rings (SSSR count). The first-order chi connectivity index (χ1) is 10.5. The topological polar surface area (TPSA) is 59.3 Å². The third-order valence-electron chi connectivity index (χ3n) is 3.55. The van der Waals surface area contributed by atoms with Crippen molar-refractivity contribution in [3.63, 3.8) is 0 Å². The van der Waals surface area contributed by atoms with Crippen LogP contribution in [0.3, 0.4) is 0 Å². The maximum atomic E-state index is 12.5. The van der Waals surface area contributed by atoms with Gasteiger partial charge in [0.2, 0.25) is 0 Å². The van der Waals surface area contributed by atoms with Crippen LogP contribution in [0.15, 0.2) is 42.6 Å². The Labute approximate surface area is 129 Å². The second kappa shape index (κ2) is 5.60. The Morgan fingerprint density at radius 2 is 1.91 bits per heavy atom. The highest BCUT2D eigenvalue weighted by molar-refractivity contribution is 6.03. The molecule has 0 saturated heterocycles. The lowest BCUT2D eigenvalue weighted by Crippen LogP contribution is -2.16. The zero-order valence-electron chi connectivity index (χ0n) is 12.9. The Hall–Kier alpha value is -2.69. The van der Waals surface area contributed by atoms with E-state index in [4.69, 9.17) is 0 Å². The zero-order chi connectivity index (χ0) is 15.7. The molecule has 0 aliphatic heterocycles. The molecular weight excluding hydrogens is 276 g/mol. The van der Waals surface area contributed by atoms with Gasteiger partial charge in [-0.05, 0) is 36.6 Å². The first-order valence-corrected chi connectivity index (χ1v) is 7.27. The van der Waals surface area contributed by atoms with Crippen LogP contribution in [0, 0.1) is 6.92 Å². The van der Waals surface area contributed by atoms with Gasteiger partial charge < -0.3 is 5.32 Å². The Balaban J connectivity index is 1.87. The highest BCUT2D eigenvalue weighted by Crippen LogP contribution is 2.18. The second-order valence-electron chi connectivity index (χ2n) is 5.62. The number of hydrogen-bond acceptors (Lipinski definition) is 3. The summed E-state index contributed by atoms with van der Waals surface area (Å²) in [6.07, 6.45) is 1.62. The third kappa shape index (κ3) is 2.70. The molecule has 22 heavy (non-hydrogen) atoms. The van der Waals surface area contributed by atoms with E-state index in [2.05, 4.69) is 29.2 Å². The van der Waals surface area contributed by atoms with Crippen molar-refractivity contribution in [2.45, 2.75) is 26.7 Å². The monoisotopic (exact) mass is 294 g/mol. The number of rotatable bonds is 3. The van der Waals surface area contributed by atoms with Crippen molar-refractivity contribution < 1.29 is 4.79 Å². The molecule has 2 heterocycles. The van der Waals surface area contributed by atoms with Crippen molar-refractivity contribution in [2.75, 3.05) is 5.32 Å². The number of aromatic nitrogens is 3. The first-order valence-electron chi connectivity index (χ1n) is 7.27. The molecule has 112 valence electrons. The van der Waals surface area contributed by atoms with Gasteiger partial charge in [-0.15, -0.1) is 0 Å². The van der Waals surface area contributed by atoms with Gasteiger partial charge in [0.25, 0.3) is 5.91 Å². The molecule has 5 nitrogen and oxygen atoms in total. The van der Waals surface area contributed by atoms with Crippen LogP contribution >= 0.6 is 0 Å². The molecule has 0 radical (unpaired) electrons. The van der Waals surface area contributed by atoms with Gasteiger partial charge in [-0.3, -0.25) is 4.79 Å². The Kier molecular flexibility index (Phi) is 3.63. The molecule has 0 fully saturated rings. The summed E-state index contributed by atoms with van der Waals surface area (Å²) in [5, 5.41) is 7.20. The molecule has 5 heteroatoms. The van der Waals surface area contributed by atoms with E-state index in [0.717, 1.165) is 11.4 Å². The predicted molar refractivity (Wildman–Crippen MR) is 86.2 cm³/mol. The van der Waals surface area contributed by atoms with Crippen molar-refractivity contribution in [1.82, 2.24) is 14.6 Å². The first kappa shape index (κ1) is 14.3. The van der Waals surface area contributed by atoms with Crippen LogP contribution in [0.25, 0.3) is 5.65 Å². The number of nitrogens with one attached hydrogen (secondary N) is 1. The van der Waals surface area contributed by atoms with E-state index >= 15 is 0 Å². The summed E-state index contributed by atoms with van der Waals surface area (Å²) in [7, 11) is 0. The number of hydrogen-bond donors (Lipinski definition) is 1. The average Bonchev–Trinajstić information content (AvgIpc) is 2.87. The van der Waals surface area contributed by atoms with E-state index in [1.54, 1.807) is 16.8 Å². The van der Waals surface area contributed by atoms with Gasteiger partial charge in [0.05, 0.1) is 5.69 Å². The molecule has 1 aromatic carbocycles. The van der Waals surface area contributed by atoms with Gasteiger partial charge in [-0.25, -0.2) is 9.50 Å². The standard InChI is InChI=1S/C17H18N4O/c1-11(2)13-4-6-14(7-5-13)19-17(22)15-8-9-18-16-10-12(3)20-21(15)16/h4-11H,1-3H3,(H,19,22). The SMILES string of the molecule is Cc1cc2nccc(C(=O)Nc3ccc(C(C)C)cc3)n2n1. The van der Waals surface area contributed by atoms with Gasteiger partial charge in [-0.1, -0.05) is 26.0 Å². The maximum Gasteiger partial charge on any atom is 0.274 e. The number of benzene rings is 1. The fourth-order valence-corrected chi connectivity index (χ4v) is 2.33. The van der Waals surface area contributed by atoms with Crippen LogP contribution in [0.2, 0.25) is 0 Å². The van der Waals surface area contributed by atoms with Crippen molar-refractivity contribution in [1.29, 1.82) is 0 Å². The smallest absolute Gasteiger partial charge is 0.274 e. The maximum absolute atomic E-state index is 12.5. The van der Waals surface area contributed by atoms with E-state index in [1.165, 1.54) is 5.56 Å². The summed E-state index contributed by atoms with van der Waals surface area (Å²) in [5.41, 5.74) is 3.97. The number of fused-ring (bicyclic) bond motifs is 1. The summed E-state index contributed by atoms with van der Waals surface area (Å²) in [6.45, 7) is 6.16. The molecule has 3 aromatic rings. The lowest BCUT2D eigenvalue weighted by atomic mass is 10.0. The van der Waals surface area contributed by atoms with E-state index < -0.39 is 0 Å². The van der Waals surface area contributed by atoms with E-state index in [1.807, 2.05) is 37.3 Å². The van der Waals surface area contributed by atoms with Crippen LogP contribution in [-0.4, -0.2) is 20.5 Å². The third-order valence-corrected chi connectivity index (χ3v) is 3.55. The highest BCUT2D eigenvalue weighted by Gasteiger charge is 2.12. The molecule has 0 bridgehead atoms. The average molecular weight is 294 g/mol. The number of carbonyl (C=O) groups is 1. The van der Waals surface area contributed by atoms with Crippen molar-refractivity contribution in [2.24, 2.45) is 0 Å². The minimum absolute atomic E-state index is 0.201. The summed E-state index contributed by atoms with van der Waals surface area (Å²) in [6, 6.07) is 11.4. The molecule has 0 saturated carbocycles.